The lowest BCUT2D eigenvalue weighted by Crippen LogP contribution is -2.37. The lowest BCUT2D eigenvalue weighted by atomic mass is 10.1. The molecule has 0 radical (unpaired) electrons. The minimum Gasteiger partial charge on any atom is -0.352 e. The number of hydrogen-bond donors (Lipinski definition) is 2. The molecule has 3 atom stereocenters. The van der Waals surface area contributed by atoms with Crippen LogP contribution in [0, 0.1) is 0 Å². The highest BCUT2D eigenvalue weighted by atomic mass is 32.3. The second-order valence-electron chi connectivity index (χ2n) is 5.15. The first-order chi connectivity index (χ1) is 9.67. The van der Waals surface area contributed by atoms with Crippen molar-refractivity contribution < 1.29 is 21.9 Å². The Labute approximate surface area is 125 Å². The molecule has 2 saturated heterocycles. The first-order valence-electron chi connectivity index (χ1n) is 6.16. The van der Waals surface area contributed by atoms with Crippen LogP contribution in [0.1, 0.15) is 5.56 Å². The average Bonchev–Trinajstić information content (AvgIpc) is 2.78. The maximum absolute atomic E-state index is 12.8. The van der Waals surface area contributed by atoms with Crippen LogP contribution in [0.15, 0.2) is 24.3 Å². The Balaban J connectivity index is 1.96. The zero-order valence-corrected chi connectivity index (χ0v) is 12.3. The standard InChI is InChI=1S/C12H11F3N2O2S2/c13-12(14,15)7-2-1-3-8(4-7)17-10-6-21(18,19)5-9(10)16-11(17)20/h1-4,9-10H,5-6H2,(H-,16,18,19,20)/p+1/t9-,10+/m0/s1. The highest BCUT2D eigenvalue weighted by Crippen LogP contribution is 2.35. The SMILES string of the molecule is O=[S+]1(O)C[C@@H]2NC(=S)N(c3cccc(C(F)(F)F)c3)[C@@H]2C1. The van der Waals surface area contributed by atoms with E-state index in [9.17, 15) is 21.9 Å². The summed E-state index contributed by atoms with van der Waals surface area (Å²) in [5, 5.41) is 3.21. The van der Waals surface area contributed by atoms with Gasteiger partial charge in [-0.15, -0.1) is 0 Å². The van der Waals surface area contributed by atoms with Gasteiger partial charge in [0.05, 0.1) is 5.56 Å². The first-order valence-corrected chi connectivity index (χ1v) is 8.42. The number of fused-ring (bicyclic) bond motifs is 1. The number of anilines is 1. The van der Waals surface area contributed by atoms with E-state index in [1.165, 1.54) is 17.0 Å². The molecule has 1 aromatic carbocycles. The van der Waals surface area contributed by atoms with Gasteiger partial charge < -0.3 is 10.2 Å². The minimum absolute atomic E-state index is 0.00104. The largest absolute Gasteiger partial charge is 0.416 e. The minimum atomic E-state index is -4.44. The van der Waals surface area contributed by atoms with Gasteiger partial charge in [-0.1, -0.05) is 10.3 Å². The fourth-order valence-corrected chi connectivity index (χ4v) is 5.06. The monoisotopic (exact) mass is 337 g/mol. The number of rotatable bonds is 1. The predicted octanol–water partition coefficient (Wildman–Crippen LogP) is 2.12. The van der Waals surface area contributed by atoms with Crippen molar-refractivity contribution in [3.8, 4) is 0 Å². The van der Waals surface area contributed by atoms with E-state index in [4.69, 9.17) is 12.2 Å². The van der Waals surface area contributed by atoms with Crippen molar-refractivity contribution in [2.75, 3.05) is 16.4 Å². The molecule has 1 unspecified atom stereocenters. The van der Waals surface area contributed by atoms with E-state index in [-0.39, 0.29) is 23.2 Å². The molecule has 3 rings (SSSR count). The average molecular weight is 337 g/mol. The summed E-state index contributed by atoms with van der Waals surface area (Å²) in [6, 6.07) is 4.12. The van der Waals surface area contributed by atoms with Crippen molar-refractivity contribution >= 4 is 33.2 Å². The molecule has 9 heteroatoms. The molecule has 2 N–H and O–H groups in total. The van der Waals surface area contributed by atoms with Crippen LogP contribution in [-0.2, 0) is 20.6 Å². The van der Waals surface area contributed by atoms with Gasteiger partial charge in [0, 0.05) is 5.69 Å². The Kier molecular flexibility index (Phi) is 3.26. The van der Waals surface area contributed by atoms with Gasteiger partial charge in [0.15, 0.2) is 16.6 Å². The number of nitrogens with zero attached hydrogens (tertiary/aromatic N) is 1. The van der Waals surface area contributed by atoms with Crippen LogP contribution < -0.4 is 10.2 Å². The molecule has 2 aliphatic rings. The molecule has 0 aromatic heterocycles. The molecule has 0 spiro atoms. The lowest BCUT2D eigenvalue weighted by molar-refractivity contribution is -0.137. The molecule has 2 fully saturated rings. The third-order valence-electron chi connectivity index (χ3n) is 3.65. The summed E-state index contributed by atoms with van der Waals surface area (Å²) in [6.07, 6.45) is -4.44. The van der Waals surface area contributed by atoms with Gasteiger partial charge >= 0.3 is 6.18 Å². The summed E-state index contributed by atoms with van der Waals surface area (Å²) >= 11 is 5.15. The van der Waals surface area contributed by atoms with Crippen molar-refractivity contribution in [2.24, 2.45) is 0 Å². The smallest absolute Gasteiger partial charge is 0.352 e. The first kappa shape index (κ1) is 14.7. The van der Waals surface area contributed by atoms with Crippen molar-refractivity contribution in [1.82, 2.24) is 5.32 Å². The van der Waals surface area contributed by atoms with Gasteiger partial charge in [0.2, 0.25) is 10.2 Å². The maximum Gasteiger partial charge on any atom is 0.416 e. The number of hydrogen-bond acceptors (Lipinski definition) is 2. The topological polar surface area (TPSA) is 52.6 Å². The number of alkyl halides is 3. The quantitative estimate of drug-likeness (QED) is 0.607. The molecule has 0 saturated carbocycles. The number of thiocarbonyl (C=S) groups is 1. The van der Waals surface area contributed by atoms with Gasteiger partial charge in [-0.25, -0.2) is 0 Å². The number of nitrogens with one attached hydrogen (secondary N) is 1. The van der Waals surface area contributed by atoms with Crippen LogP contribution >= 0.6 is 12.2 Å². The molecule has 21 heavy (non-hydrogen) atoms. The van der Waals surface area contributed by atoms with E-state index in [0.717, 1.165) is 12.1 Å². The van der Waals surface area contributed by atoms with Gasteiger partial charge in [-0.3, -0.25) is 0 Å². The fraction of sp³-hybridized carbons (Fsp3) is 0.417. The van der Waals surface area contributed by atoms with E-state index in [0.29, 0.717) is 5.11 Å². The molecular formula is C12H12F3N2O2S2+. The Morgan fingerprint density at radius 1 is 1.38 bits per heavy atom. The second kappa shape index (κ2) is 4.65. The summed E-state index contributed by atoms with van der Waals surface area (Å²) in [6.45, 7) is 0. The van der Waals surface area contributed by atoms with Crippen molar-refractivity contribution in [3.63, 3.8) is 0 Å². The summed E-state index contributed by atoms with van der Waals surface area (Å²) in [7, 11) is -2.94. The number of halogens is 3. The zero-order valence-electron chi connectivity index (χ0n) is 10.6. The summed E-state index contributed by atoms with van der Waals surface area (Å²) < 4.78 is 59.8. The molecule has 2 aliphatic heterocycles. The van der Waals surface area contributed by atoms with Crippen LogP contribution in [0.3, 0.4) is 0 Å². The molecule has 114 valence electrons. The van der Waals surface area contributed by atoms with E-state index in [1.54, 1.807) is 0 Å². The molecular weight excluding hydrogens is 325 g/mol. The summed E-state index contributed by atoms with van der Waals surface area (Å²) in [4.78, 5) is 1.51. The molecule has 0 aliphatic carbocycles. The molecule has 0 amide bonds. The van der Waals surface area contributed by atoms with Gasteiger partial charge in [0.25, 0.3) is 0 Å². The Morgan fingerprint density at radius 3 is 2.76 bits per heavy atom. The van der Waals surface area contributed by atoms with Crippen LogP contribution in [-0.4, -0.2) is 33.3 Å². The molecule has 1 aromatic rings. The molecule has 2 heterocycles. The van der Waals surface area contributed by atoms with Crippen LogP contribution in [0.2, 0.25) is 0 Å². The third-order valence-corrected chi connectivity index (χ3v) is 5.70. The number of benzene rings is 1. The van der Waals surface area contributed by atoms with Gasteiger partial charge in [-0.05, 0) is 30.4 Å². The Bertz CT molecular complexity index is 650. The van der Waals surface area contributed by atoms with E-state index < -0.39 is 28.0 Å². The normalized spacial score (nSPS) is 32.2. The molecule has 4 nitrogen and oxygen atoms in total. The summed E-state index contributed by atoms with van der Waals surface area (Å²) in [5.74, 6) is 0.0638. The third kappa shape index (κ3) is 2.65. The highest BCUT2D eigenvalue weighted by molar-refractivity contribution is 7.98. The molecule has 0 bridgehead atoms. The van der Waals surface area contributed by atoms with E-state index >= 15 is 0 Å². The Morgan fingerprint density at radius 2 is 2.10 bits per heavy atom. The van der Waals surface area contributed by atoms with E-state index in [2.05, 4.69) is 5.32 Å². The van der Waals surface area contributed by atoms with Crippen molar-refractivity contribution in [3.05, 3.63) is 29.8 Å². The van der Waals surface area contributed by atoms with Crippen LogP contribution in [0.5, 0.6) is 0 Å². The maximum atomic E-state index is 12.8. The van der Waals surface area contributed by atoms with Gasteiger partial charge in [0.1, 0.15) is 12.1 Å². The van der Waals surface area contributed by atoms with Crippen LogP contribution in [0.25, 0.3) is 0 Å². The summed E-state index contributed by atoms with van der Waals surface area (Å²) in [5.41, 5.74) is -0.485. The second-order valence-corrected chi connectivity index (χ2v) is 7.75. The van der Waals surface area contributed by atoms with E-state index in [1.807, 2.05) is 0 Å². The van der Waals surface area contributed by atoms with Gasteiger partial charge in [-0.2, -0.15) is 17.7 Å². The van der Waals surface area contributed by atoms with Crippen molar-refractivity contribution in [1.29, 1.82) is 0 Å². The predicted molar refractivity (Wildman–Crippen MR) is 77.6 cm³/mol. The van der Waals surface area contributed by atoms with Crippen LogP contribution in [0.4, 0.5) is 18.9 Å². The highest BCUT2D eigenvalue weighted by Gasteiger charge is 2.54. The Hall–Kier alpha value is -1.19. The lowest BCUT2D eigenvalue weighted by Gasteiger charge is -2.23. The fourth-order valence-electron chi connectivity index (χ4n) is 2.75. The van der Waals surface area contributed by atoms with Crippen molar-refractivity contribution in [2.45, 2.75) is 18.3 Å². The zero-order chi connectivity index (χ0) is 15.4.